The number of aromatic amines is 1. The Bertz CT molecular complexity index is 636. The number of aryl methyl sites for hydroxylation is 1. The monoisotopic (exact) mass is 351 g/mol. The normalized spacial score (nSPS) is 17.1. The van der Waals surface area contributed by atoms with Crippen LogP contribution in [0.25, 0.3) is 0 Å². The van der Waals surface area contributed by atoms with Crippen LogP contribution in [0.1, 0.15) is 44.9 Å². The number of hydrogen-bond acceptors (Lipinski definition) is 6. The van der Waals surface area contributed by atoms with Gasteiger partial charge in [-0.15, -0.1) is 16.4 Å². The summed E-state index contributed by atoms with van der Waals surface area (Å²) in [6.45, 7) is 3.77. The average Bonchev–Trinajstić information content (AvgIpc) is 3.21. The molecule has 1 aliphatic carbocycles. The van der Waals surface area contributed by atoms with Crippen LogP contribution < -0.4 is 4.90 Å². The van der Waals surface area contributed by atoms with Crippen molar-refractivity contribution in [3.05, 3.63) is 17.4 Å². The van der Waals surface area contributed by atoms with Crippen molar-refractivity contribution in [2.75, 3.05) is 4.90 Å². The summed E-state index contributed by atoms with van der Waals surface area (Å²) < 4.78 is 0. The number of nitrogens with zero attached hydrogens (tertiary/aromatic N) is 4. The van der Waals surface area contributed by atoms with Gasteiger partial charge in [0.15, 0.2) is 5.13 Å². The number of carbonyl (C=O) groups excluding carboxylic acids is 1. The molecule has 1 atom stereocenters. The molecule has 1 unspecified atom stereocenters. The van der Waals surface area contributed by atoms with Gasteiger partial charge in [0.1, 0.15) is 5.82 Å². The number of H-pyrrole nitrogens is 1. The van der Waals surface area contributed by atoms with E-state index in [1.165, 1.54) is 42.4 Å². The number of thiazole rings is 1. The van der Waals surface area contributed by atoms with Gasteiger partial charge in [-0.3, -0.25) is 14.8 Å². The van der Waals surface area contributed by atoms with E-state index in [0.717, 1.165) is 23.8 Å². The van der Waals surface area contributed by atoms with E-state index in [0.29, 0.717) is 5.16 Å². The van der Waals surface area contributed by atoms with Crippen molar-refractivity contribution in [2.24, 2.45) is 0 Å². The number of nitrogens with one attached hydrogen (secondary N) is 1. The largest absolute Gasteiger partial charge is 0.284 e. The summed E-state index contributed by atoms with van der Waals surface area (Å²) in [4.78, 5) is 23.6. The highest BCUT2D eigenvalue weighted by Crippen LogP contribution is 2.31. The highest BCUT2D eigenvalue weighted by Gasteiger charge is 2.32. The highest BCUT2D eigenvalue weighted by atomic mass is 32.2. The zero-order chi connectivity index (χ0) is 16.2. The Hall–Kier alpha value is -1.41. The SMILES string of the molecule is Cc1nc(SC(C)C(=O)N(c2nccs2)C2CCCCC2)n[nH]1. The van der Waals surface area contributed by atoms with Crippen molar-refractivity contribution in [1.82, 2.24) is 20.2 Å². The first-order chi connectivity index (χ1) is 11.1. The molecule has 8 heteroatoms. The lowest BCUT2D eigenvalue weighted by molar-refractivity contribution is -0.118. The second kappa shape index (κ2) is 7.44. The Labute approximate surface area is 144 Å². The Morgan fingerprint density at radius 3 is 2.83 bits per heavy atom. The quantitative estimate of drug-likeness (QED) is 0.836. The molecule has 1 amide bonds. The summed E-state index contributed by atoms with van der Waals surface area (Å²) >= 11 is 2.92. The first-order valence-electron chi connectivity index (χ1n) is 7.93. The minimum Gasteiger partial charge on any atom is -0.284 e. The van der Waals surface area contributed by atoms with E-state index >= 15 is 0 Å². The predicted molar refractivity (Wildman–Crippen MR) is 92.9 cm³/mol. The van der Waals surface area contributed by atoms with Gasteiger partial charge in [-0.2, -0.15) is 0 Å². The summed E-state index contributed by atoms with van der Waals surface area (Å²) in [5, 5.41) is 10.0. The van der Waals surface area contributed by atoms with Crippen LogP contribution in [0.4, 0.5) is 5.13 Å². The van der Waals surface area contributed by atoms with Crippen LogP contribution in [0.5, 0.6) is 0 Å². The molecule has 6 nitrogen and oxygen atoms in total. The van der Waals surface area contributed by atoms with Crippen LogP contribution in [-0.4, -0.2) is 37.4 Å². The van der Waals surface area contributed by atoms with Gasteiger partial charge in [-0.05, 0) is 26.7 Å². The van der Waals surface area contributed by atoms with Crippen molar-refractivity contribution in [1.29, 1.82) is 0 Å². The molecular weight excluding hydrogens is 330 g/mol. The van der Waals surface area contributed by atoms with Gasteiger partial charge in [-0.1, -0.05) is 31.0 Å². The molecule has 1 saturated carbocycles. The molecule has 2 aromatic heterocycles. The van der Waals surface area contributed by atoms with Crippen molar-refractivity contribution < 1.29 is 4.79 Å². The average molecular weight is 352 g/mol. The number of carbonyl (C=O) groups is 1. The van der Waals surface area contributed by atoms with Crippen LogP contribution in [-0.2, 0) is 4.79 Å². The summed E-state index contributed by atoms with van der Waals surface area (Å²) in [6, 6.07) is 0.263. The van der Waals surface area contributed by atoms with Crippen LogP contribution >= 0.6 is 23.1 Å². The standard InChI is InChI=1S/C15H21N5OS2/c1-10(23-14-17-11(2)18-19-14)13(21)20(15-16-8-9-22-15)12-6-4-3-5-7-12/h8-10,12H,3-7H2,1-2H3,(H,17,18,19). The molecule has 2 aromatic rings. The van der Waals surface area contributed by atoms with E-state index in [4.69, 9.17) is 0 Å². The molecule has 0 spiro atoms. The minimum atomic E-state index is -0.240. The van der Waals surface area contributed by atoms with Crippen molar-refractivity contribution in [3.8, 4) is 0 Å². The van der Waals surface area contributed by atoms with Crippen LogP contribution in [0.3, 0.4) is 0 Å². The summed E-state index contributed by atoms with van der Waals surface area (Å²) in [5.74, 6) is 0.857. The third-order valence-corrected chi connectivity index (χ3v) is 5.73. The lowest BCUT2D eigenvalue weighted by Crippen LogP contribution is -2.45. The van der Waals surface area contributed by atoms with Crippen LogP contribution in [0.2, 0.25) is 0 Å². The van der Waals surface area contributed by atoms with Gasteiger partial charge < -0.3 is 0 Å². The smallest absolute Gasteiger partial charge is 0.242 e. The molecule has 23 heavy (non-hydrogen) atoms. The van der Waals surface area contributed by atoms with E-state index < -0.39 is 0 Å². The lowest BCUT2D eigenvalue weighted by Gasteiger charge is -2.33. The number of aromatic nitrogens is 4. The van der Waals surface area contributed by atoms with Crippen LogP contribution in [0, 0.1) is 6.92 Å². The number of hydrogen-bond donors (Lipinski definition) is 1. The van der Waals surface area contributed by atoms with E-state index in [1.807, 2.05) is 24.1 Å². The Balaban J connectivity index is 1.76. The summed E-state index contributed by atoms with van der Waals surface area (Å²) in [5.41, 5.74) is 0. The fourth-order valence-electron chi connectivity index (χ4n) is 2.88. The van der Waals surface area contributed by atoms with Crippen molar-refractivity contribution >= 4 is 34.1 Å². The molecule has 0 aliphatic heterocycles. The Morgan fingerprint density at radius 1 is 1.43 bits per heavy atom. The van der Waals surface area contributed by atoms with E-state index in [9.17, 15) is 4.79 Å². The molecule has 0 radical (unpaired) electrons. The molecule has 1 fully saturated rings. The van der Waals surface area contributed by atoms with Gasteiger partial charge in [0.2, 0.25) is 11.1 Å². The van der Waals surface area contributed by atoms with Gasteiger partial charge >= 0.3 is 0 Å². The third kappa shape index (κ3) is 3.92. The van der Waals surface area contributed by atoms with E-state index in [2.05, 4.69) is 20.2 Å². The second-order valence-electron chi connectivity index (χ2n) is 5.78. The van der Waals surface area contributed by atoms with Gasteiger partial charge in [-0.25, -0.2) is 9.97 Å². The topological polar surface area (TPSA) is 74.8 Å². The van der Waals surface area contributed by atoms with Crippen LogP contribution in [0.15, 0.2) is 16.7 Å². The second-order valence-corrected chi connectivity index (χ2v) is 7.96. The maximum Gasteiger partial charge on any atom is 0.242 e. The molecular formula is C15H21N5OS2. The summed E-state index contributed by atoms with van der Waals surface area (Å²) in [6.07, 6.45) is 7.50. The lowest BCUT2D eigenvalue weighted by atomic mass is 9.94. The zero-order valence-corrected chi connectivity index (χ0v) is 15.0. The number of anilines is 1. The molecule has 1 aliphatic rings. The zero-order valence-electron chi connectivity index (χ0n) is 13.4. The molecule has 0 saturated heterocycles. The Morgan fingerprint density at radius 2 is 2.22 bits per heavy atom. The molecule has 0 bridgehead atoms. The number of amides is 1. The molecule has 2 heterocycles. The highest BCUT2D eigenvalue weighted by molar-refractivity contribution is 8.00. The molecule has 124 valence electrons. The van der Waals surface area contributed by atoms with Gasteiger partial charge in [0, 0.05) is 17.6 Å². The minimum absolute atomic E-state index is 0.0966. The number of rotatable bonds is 5. The first-order valence-corrected chi connectivity index (χ1v) is 9.69. The first kappa shape index (κ1) is 16.4. The molecule has 0 aromatic carbocycles. The number of thioether (sulfide) groups is 1. The fraction of sp³-hybridized carbons (Fsp3) is 0.600. The fourth-order valence-corrected chi connectivity index (χ4v) is 4.42. The van der Waals surface area contributed by atoms with E-state index in [-0.39, 0.29) is 17.2 Å². The van der Waals surface area contributed by atoms with E-state index in [1.54, 1.807) is 6.20 Å². The summed E-state index contributed by atoms with van der Waals surface area (Å²) in [7, 11) is 0. The van der Waals surface area contributed by atoms with Gasteiger partial charge in [0.25, 0.3) is 0 Å². The Kier molecular flexibility index (Phi) is 5.32. The van der Waals surface area contributed by atoms with Gasteiger partial charge in [0.05, 0.1) is 5.25 Å². The maximum atomic E-state index is 13.1. The third-order valence-electron chi connectivity index (χ3n) is 4.01. The molecule has 1 N–H and O–H groups in total. The van der Waals surface area contributed by atoms with Crippen molar-refractivity contribution in [2.45, 2.75) is 62.4 Å². The molecule has 3 rings (SSSR count). The maximum absolute atomic E-state index is 13.1. The van der Waals surface area contributed by atoms with Crippen molar-refractivity contribution in [3.63, 3.8) is 0 Å². The predicted octanol–water partition coefficient (Wildman–Crippen LogP) is 3.42.